The van der Waals surface area contributed by atoms with Crippen molar-refractivity contribution in [1.82, 2.24) is 24.3 Å². The molecule has 5 unspecified atom stereocenters. The number of hydrogen-bond acceptors (Lipinski definition) is 9. The summed E-state index contributed by atoms with van der Waals surface area (Å²) in [6, 6.07) is 4.61. The number of rotatable bonds is 10. The number of carbonyl (C=O) groups is 4. The number of amides is 4. The molecule has 0 aromatic heterocycles. The van der Waals surface area contributed by atoms with Crippen LogP contribution in [0, 0.1) is 5.92 Å². The number of alkyl halides is 3. The van der Waals surface area contributed by atoms with Crippen LogP contribution in [-0.4, -0.2) is 114 Å². The van der Waals surface area contributed by atoms with E-state index in [1.807, 2.05) is 0 Å². The molecule has 3 aliphatic rings. The van der Waals surface area contributed by atoms with Crippen molar-refractivity contribution < 1.29 is 50.2 Å². The van der Waals surface area contributed by atoms with Gasteiger partial charge in [0.2, 0.25) is 27.7 Å². The Morgan fingerprint density at radius 1 is 1.02 bits per heavy atom. The van der Waals surface area contributed by atoms with Gasteiger partial charge in [-0.05, 0) is 56.0 Å². The standard InChI is InChI=1S/C34H41Cl2F3N6O8S/c1-18(2)29(40)32(48)42-13-5-6-28(42)52-33(49)41-24-16-44(54(50,51)26-12-11-22(15-23(26)36)53-34(37,38)39)27-17-43(19(3)4)31(47)25(45(27)30(24)46)14-20-7-9-21(35)10-8-20/h7-12,15,18-19,24-25,27-29H,5-6,13-14,16-17,40H2,1-4H3,(H,41,49). The van der Waals surface area contributed by atoms with Gasteiger partial charge in [0.15, 0.2) is 6.23 Å². The number of halogens is 5. The van der Waals surface area contributed by atoms with Gasteiger partial charge in [-0.15, -0.1) is 13.2 Å². The first-order valence-electron chi connectivity index (χ1n) is 17.2. The van der Waals surface area contributed by atoms with Gasteiger partial charge in [-0.25, -0.2) is 13.2 Å². The molecular formula is C34H41Cl2F3N6O8S. The number of likely N-dealkylation sites (tertiary alicyclic amines) is 1. The Kier molecular flexibility index (Phi) is 12.3. The Balaban J connectivity index is 1.52. The molecule has 3 aliphatic heterocycles. The second-order valence-corrected chi connectivity index (χ2v) is 16.6. The fourth-order valence-electron chi connectivity index (χ4n) is 6.72. The zero-order valence-corrected chi connectivity index (χ0v) is 32.1. The molecule has 0 saturated carbocycles. The molecule has 5 rings (SSSR count). The summed E-state index contributed by atoms with van der Waals surface area (Å²) in [5.41, 5.74) is 6.65. The molecule has 20 heteroatoms. The number of hydrogen-bond donors (Lipinski definition) is 2. The van der Waals surface area contributed by atoms with Gasteiger partial charge in [0.25, 0.3) is 0 Å². The number of benzene rings is 2. The molecule has 0 aliphatic carbocycles. The van der Waals surface area contributed by atoms with Crippen LogP contribution in [0.4, 0.5) is 18.0 Å². The maximum Gasteiger partial charge on any atom is 0.573 e. The number of nitrogens with two attached hydrogens (primary N) is 1. The van der Waals surface area contributed by atoms with Gasteiger partial charge < -0.3 is 35.2 Å². The lowest BCUT2D eigenvalue weighted by atomic mass is 9.96. The summed E-state index contributed by atoms with van der Waals surface area (Å²) >= 11 is 12.4. The van der Waals surface area contributed by atoms with E-state index >= 15 is 0 Å². The first-order valence-corrected chi connectivity index (χ1v) is 19.4. The SMILES string of the molecule is CC(C)C(N)C(=O)N1CCCC1OC(=O)NC1CN(S(=O)(=O)c2ccc(OC(F)(F)F)cc2Cl)C2CN(C(C)C)C(=O)C(Cc3ccc(Cl)cc3)N2C1=O. The van der Waals surface area contributed by atoms with E-state index in [2.05, 4.69) is 10.1 Å². The Morgan fingerprint density at radius 3 is 2.28 bits per heavy atom. The molecule has 3 fully saturated rings. The van der Waals surface area contributed by atoms with Gasteiger partial charge in [0.1, 0.15) is 28.9 Å². The number of sulfonamides is 1. The van der Waals surface area contributed by atoms with E-state index in [-0.39, 0.29) is 31.8 Å². The van der Waals surface area contributed by atoms with Gasteiger partial charge >= 0.3 is 12.5 Å². The number of nitrogens with one attached hydrogen (secondary N) is 1. The van der Waals surface area contributed by atoms with Crippen LogP contribution < -0.4 is 15.8 Å². The second-order valence-electron chi connectivity index (χ2n) is 13.9. The van der Waals surface area contributed by atoms with Crippen molar-refractivity contribution >= 4 is 57.0 Å². The summed E-state index contributed by atoms with van der Waals surface area (Å²) < 4.78 is 78.2. The lowest BCUT2D eigenvalue weighted by Gasteiger charge is -2.54. The van der Waals surface area contributed by atoms with Gasteiger partial charge in [-0.3, -0.25) is 14.4 Å². The van der Waals surface area contributed by atoms with Crippen molar-refractivity contribution in [2.75, 3.05) is 19.6 Å². The smallest absolute Gasteiger partial charge is 0.425 e. The van der Waals surface area contributed by atoms with Crippen molar-refractivity contribution in [3.05, 3.63) is 58.1 Å². The van der Waals surface area contributed by atoms with Crippen LogP contribution in [0.5, 0.6) is 5.75 Å². The van der Waals surface area contributed by atoms with E-state index in [4.69, 9.17) is 33.7 Å². The highest BCUT2D eigenvalue weighted by Crippen LogP contribution is 2.36. The lowest BCUT2D eigenvalue weighted by molar-refractivity contribution is -0.274. The monoisotopic (exact) mass is 820 g/mol. The second kappa shape index (κ2) is 16.1. The van der Waals surface area contributed by atoms with Gasteiger partial charge in [-0.1, -0.05) is 49.2 Å². The minimum absolute atomic E-state index is 0.0635. The third kappa shape index (κ3) is 8.83. The van der Waals surface area contributed by atoms with Crippen molar-refractivity contribution in [2.24, 2.45) is 11.7 Å². The number of ether oxygens (including phenoxy) is 2. The molecule has 14 nitrogen and oxygen atoms in total. The minimum Gasteiger partial charge on any atom is -0.425 e. The molecule has 5 atom stereocenters. The Bertz CT molecular complexity index is 1870. The summed E-state index contributed by atoms with van der Waals surface area (Å²) in [7, 11) is -4.79. The number of nitrogens with zero attached hydrogens (tertiary/aromatic N) is 4. The normalized spacial score (nSPS) is 23.1. The van der Waals surface area contributed by atoms with Gasteiger partial charge in [0, 0.05) is 43.1 Å². The fraction of sp³-hybridized carbons (Fsp3) is 0.529. The summed E-state index contributed by atoms with van der Waals surface area (Å²) in [6.07, 6.45) is -7.84. The van der Waals surface area contributed by atoms with Crippen molar-refractivity contribution in [2.45, 2.75) is 94.8 Å². The van der Waals surface area contributed by atoms with Crippen LogP contribution in [0.1, 0.15) is 46.1 Å². The molecule has 3 N–H and O–H groups in total. The predicted octanol–water partition coefficient (Wildman–Crippen LogP) is 3.94. The number of carbonyl (C=O) groups excluding carboxylic acids is 4. The highest BCUT2D eigenvalue weighted by atomic mass is 35.5. The first kappa shape index (κ1) is 41.3. The molecule has 54 heavy (non-hydrogen) atoms. The van der Waals surface area contributed by atoms with E-state index in [0.717, 1.165) is 21.3 Å². The number of alkyl carbamates (subject to hydrolysis) is 1. The maximum atomic E-state index is 14.5. The van der Waals surface area contributed by atoms with E-state index < -0.39 is 99.0 Å². The molecule has 3 heterocycles. The van der Waals surface area contributed by atoms with Crippen LogP contribution >= 0.6 is 23.2 Å². The molecule has 4 amide bonds. The molecule has 0 bridgehead atoms. The molecule has 0 radical (unpaired) electrons. The van der Waals surface area contributed by atoms with Crippen LogP contribution in [0.3, 0.4) is 0 Å². The van der Waals surface area contributed by atoms with Crippen molar-refractivity contribution in [3.63, 3.8) is 0 Å². The molecule has 0 spiro atoms. The zero-order chi connectivity index (χ0) is 39.9. The van der Waals surface area contributed by atoms with Crippen LogP contribution in [-0.2, 0) is 35.6 Å². The fourth-order valence-corrected chi connectivity index (χ4v) is 8.94. The average Bonchev–Trinajstić information content (AvgIpc) is 3.53. The summed E-state index contributed by atoms with van der Waals surface area (Å²) in [6.45, 7) is 6.30. The summed E-state index contributed by atoms with van der Waals surface area (Å²) in [5.74, 6) is -2.67. The van der Waals surface area contributed by atoms with Gasteiger partial charge in [0.05, 0.1) is 17.6 Å². The quantitative estimate of drug-likeness (QED) is 0.360. The largest absolute Gasteiger partial charge is 0.573 e. The minimum atomic E-state index is -5.08. The lowest BCUT2D eigenvalue weighted by Crippen LogP contribution is -2.76. The van der Waals surface area contributed by atoms with Crippen molar-refractivity contribution in [3.8, 4) is 5.75 Å². The van der Waals surface area contributed by atoms with E-state index in [9.17, 15) is 40.8 Å². The Labute approximate surface area is 320 Å². The van der Waals surface area contributed by atoms with Gasteiger partial charge in [-0.2, -0.15) is 4.31 Å². The van der Waals surface area contributed by atoms with Crippen LogP contribution in [0.15, 0.2) is 47.4 Å². The van der Waals surface area contributed by atoms with Crippen molar-refractivity contribution in [1.29, 1.82) is 0 Å². The number of piperazine rings is 1. The molecule has 296 valence electrons. The molecule has 3 saturated heterocycles. The van der Waals surface area contributed by atoms with Crippen LogP contribution in [0.25, 0.3) is 0 Å². The topological polar surface area (TPSA) is 172 Å². The predicted molar refractivity (Wildman–Crippen MR) is 189 cm³/mol. The molecular weight excluding hydrogens is 780 g/mol. The van der Waals surface area contributed by atoms with E-state index in [1.54, 1.807) is 52.0 Å². The molecule has 2 aromatic carbocycles. The van der Waals surface area contributed by atoms with Crippen LogP contribution in [0.2, 0.25) is 10.0 Å². The van der Waals surface area contributed by atoms with E-state index in [1.165, 1.54) is 9.80 Å². The Morgan fingerprint density at radius 2 is 1.69 bits per heavy atom. The zero-order valence-electron chi connectivity index (χ0n) is 29.8. The third-order valence-corrected chi connectivity index (χ3v) is 12.1. The maximum absolute atomic E-state index is 14.5. The highest BCUT2D eigenvalue weighted by Gasteiger charge is 2.55. The number of fused-ring (bicyclic) bond motifs is 1. The summed E-state index contributed by atoms with van der Waals surface area (Å²) in [4.78, 5) is 58.2. The molecule has 2 aromatic rings. The average molecular weight is 822 g/mol. The Hall–Kier alpha value is -3.84. The summed E-state index contributed by atoms with van der Waals surface area (Å²) in [5, 5.41) is 2.24. The highest BCUT2D eigenvalue weighted by molar-refractivity contribution is 7.89. The first-order chi connectivity index (χ1) is 25.2. The third-order valence-electron chi connectivity index (χ3n) is 9.54. The van der Waals surface area contributed by atoms with E-state index in [0.29, 0.717) is 23.1 Å².